The topological polar surface area (TPSA) is 36.9 Å². The van der Waals surface area contributed by atoms with E-state index in [1.54, 1.807) is 7.11 Å². The third kappa shape index (κ3) is 7.37. The monoisotopic (exact) mass is 377 g/mol. The fourth-order valence-electron chi connectivity index (χ4n) is 1.64. The van der Waals surface area contributed by atoms with Gasteiger partial charge in [-0.3, -0.25) is 4.99 Å². The quantitative estimate of drug-likeness (QED) is 0.358. The van der Waals surface area contributed by atoms with E-state index in [1.165, 1.54) is 5.56 Å². The number of halogens is 1. The highest BCUT2D eigenvalue weighted by atomic mass is 127. The van der Waals surface area contributed by atoms with Gasteiger partial charge in [-0.2, -0.15) is 0 Å². The standard InChI is InChI=1S/C14H23N3O.HI/c1-4-15-14(16-10-11-18-3)17(2)12-13-8-6-5-7-9-13;/h5-9H,4,10-12H2,1-3H3,(H,15,16);1H. The highest BCUT2D eigenvalue weighted by Gasteiger charge is 2.05. The molecule has 0 amide bonds. The highest BCUT2D eigenvalue weighted by molar-refractivity contribution is 14.0. The van der Waals surface area contributed by atoms with Gasteiger partial charge in [-0.25, -0.2) is 0 Å². The summed E-state index contributed by atoms with van der Waals surface area (Å²) in [4.78, 5) is 6.63. The van der Waals surface area contributed by atoms with Crippen LogP contribution in [0.4, 0.5) is 0 Å². The van der Waals surface area contributed by atoms with Gasteiger partial charge in [-0.15, -0.1) is 24.0 Å². The molecule has 108 valence electrons. The van der Waals surface area contributed by atoms with E-state index in [1.807, 2.05) is 13.1 Å². The molecule has 0 saturated carbocycles. The summed E-state index contributed by atoms with van der Waals surface area (Å²) in [7, 11) is 3.73. The minimum Gasteiger partial charge on any atom is -0.383 e. The molecule has 0 aliphatic heterocycles. The molecular formula is C14H24IN3O. The molecule has 0 saturated heterocycles. The van der Waals surface area contributed by atoms with Crippen LogP contribution in [0.25, 0.3) is 0 Å². The molecule has 0 aliphatic rings. The largest absolute Gasteiger partial charge is 0.383 e. The Hall–Kier alpha value is -0.820. The van der Waals surface area contributed by atoms with Gasteiger partial charge in [0.2, 0.25) is 0 Å². The maximum absolute atomic E-state index is 5.02. The lowest BCUT2D eigenvalue weighted by atomic mass is 10.2. The van der Waals surface area contributed by atoms with E-state index in [0.717, 1.165) is 19.0 Å². The van der Waals surface area contributed by atoms with Crippen molar-refractivity contribution in [2.45, 2.75) is 13.5 Å². The van der Waals surface area contributed by atoms with Gasteiger partial charge < -0.3 is 15.0 Å². The van der Waals surface area contributed by atoms with Crippen molar-refractivity contribution in [3.63, 3.8) is 0 Å². The maximum atomic E-state index is 5.02. The molecule has 1 N–H and O–H groups in total. The van der Waals surface area contributed by atoms with E-state index < -0.39 is 0 Å². The second-order valence-corrected chi connectivity index (χ2v) is 4.07. The Bertz CT molecular complexity index is 357. The van der Waals surface area contributed by atoms with Crippen molar-refractivity contribution in [1.82, 2.24) is 10.2 Å². The van der Waals surface area contributed by atoms with Gasteiger partial charge in [-0.1, -0.05) is 30.3 Å². The number of methoxy groups -OCH3 is 1. The number of hydrogen-bond donors (Lipinski definition) is 1. The van der Waals surface area contributed by atoms with Crippen LogP contribution in [0.3, 0.4) is 0 Å². The molecule has 0 fully saturated rings. The Balaban J connectivity index is 0.00000324. The number of rotatable bonds is 6. The van der Waals surface area contributed by atoms with Crippen LogP contribution >= 0.6 is 24.0 Å². The number of guanidine groups is 1. The van der Waals surface area contributed by atoms with Crippen molar-refractivity contribution < 1.29 is 4.74 Å². The Morgan fingerprint density at radius 2 is 2.00 bits per heavy atom. The normalized spacial score (nSPS) is 10.8. The number of hydrogen-bond acceptors (Lipinski definition) is 2. The van der Waals surface area contributed by atoms with E-state index in [0.29, 0.717) is 13.2 Å². The molecule has 0 heterocycles. The summed E-state index contributed by atoms with van der Waals surface area (Å²) in [6.07, 6.45) is 0. The summed E-state index contributed by atoms with van der Waals surface area (Å²) in [5.41, 5.74) is 1.28. The Kier molecular flexibility index (Phi) is 10.6. The zero-order valence-corrected chi connectivity index (χ0v) is 14.3. The van der Waals surface area contributed by atoms with Gasteiger partial charge in [-0.05, 0) is 12.5 Å². The second-order valence-electron chi connectivity index (χ2n) is 4.07. The van der Waals surface area contributed by atoms with Gasteiger partial charge in [0, 0.05) is 27.2 Å². The summed E-state index contributed by atoms with van der Waals surface area (Å²) < 4.78 is 5.02. The van der Waals surface area contributed by atoms with Gasteiger partial charge in [0.05, 0.1) is 13.2 Å². The Morgan fingerprint density at radius 1 is 1.32 bits per heavy atom. The van der Waals surface area contributed by atoms with Crippen molar-refractivity contribution in [1.29, 1.82) is 0 Å². The predicted octanol–water partition coefficient (Wildman–Crippen LogP) is 2.35. The smallest absolute Gasteiger partial charge is 0.194 e. The molecule has 1 aromatic rings. The zero-order chi connectivity index (χ0) is 13.2. The first-order valence-corrected chi connectivity index (χ1v) is 6.30. The van der Waals surface area contributed by atoms with E-state index in [-0.39, 0.29) is 24.0 Å². The maximum Gasteiger partial charge on any atom is 0.194 e. The number of nitrogens with one attached hydrogen (secondary N) is 1. The van der Waals surface area contributed by atoms with Crippen molar-refractivity contribution in [2.24, 2.45) is 4.99 Å². The van der Waals surface area contributed by atoms with Crippen LogP contribution in [0, 0.1) is 0 Å². The molecule has 0 bridgehead atoms. The molecular weight excluding hydrogens is 353 g/mol. The Morgan fingerprint density at radius 3 is 2.58 bits per heavy atom. The molecule has 19 heavy (non-hydrogen) atoms. The van der Waals surface area contributed by atoms with Crippen LogP contribution in [0.15, 0.2) is 35.3 Å². The van der Waals surface area contributed by atoms with Crippen molar-refractivity contribution in [3.8, 4) is 0 Å². The van der Waals surface area contributed by atoms with E-state index in [9.17, 15) is 0 Å². The van der Waals surface area contributed by atoms with Gasteiger partial charge >= 0.3 is 0 Å². The molecule has 1 rings (SSSR count). The fourth-order valence-corrected chi connectivity index (χ4v) is 1.64. The van der Waals surface area contributed by atoms with E-state index in [2.05, 4.69) is 46.4 Å². The van der Waals surface area contributed by atoms with Gasteiger partial charge in [0.25, 0.3) is 0 Å². The second kappa shape index (κ2) is 11.0. The summed E-state index contributed by atoms with van der Waals surface area (Å²) in [6, 6.07) is 10.4. The molecule has 0 atom stereocenters. The number of benzene rings is 1. The summed E-state index contributed by atoms with van der Waals surface area (Å²) in [6.45, 7) is 5.11. The minimum atomic E-state index is 0. The lowest BCUT2D eigenvalue weighted by molar-refractivity contribution is 0.207. The van der Waals surface area contributed by atoms with Crippen LogP contribution in [0.1, 0.15) is 12.5 Å². The molecule has 0 aliphatic carbocycles. The molecule has 1 aromatic carbocycles. The molecule has 4 nitrogen and oxygen atoms in total. The van der Waals surface area contributed by atoms with Crippen LogP contribution < -0.4 is 5.32 Å². The first-order valence-electron chi connectivity index (χ1n) is 6.30. The summed E-state index contributed by atoms with van der Waals surface area (Å²) in [5, 5.41) is 3.28. The third-order valence-corrected chi connectivity index (χ3v) is 2.52. The van der Waals surface area contributed by atoms with Crippen LogP contribution in [-0.4, -0.2) is 44.7 Å². The van der Waals surface area contributed by atoms with Gasteiger partial charge in [0.1, 0.15) is 0 Å². The van der Waals surface area contributed by atoms with Crippen LogP contribution in [0.5, 0.6) is 0 Å². The molecule has 0 aromatic heterocycles. The third-order valence-electron chi connectivity index (χ3n) is 2.52. The van der Waals surface area contributed by atoms with Crippen LogP contribution in [-0.2, 0) is 11.3 Å². The average Bonchev–Trinajstić information content (AvgIpc) is 2.39. The molecule has 0 unspecified atom stereocenters. The lowest BCUT2D eigenvalue weighted by Crippen LogP contribution is -2.38. The Labute approximate surface area is 133 Å². The van der Waals surface area contributed by atoms with E-state index >= 15 is 0 Å². The van der Waals surface area contributed by atoms with E-state index in [4.69, 9.17) is 4.74 Å². The van der Waals surface area contributed by atoms with Crippen LogP contribution in [0.2, 0.25) is 0 Å². The summed E-state index contributed by atoms with van der Waals surface area (Å²) in [5.74, 6) is 0.915. The first kappa shape index (κ1) is 18.2. The zero-order valence-electron chi connectivity index (χ0n) is 11.9. The number of nitrogens with zero attached hydrogens (tertiary/aromatic N) is 2. The van der Waals surface area contributed by atoms with Crippen molar-refractivity contribution >= 4 is 29.9 Å². The fraction of sp³-hybridized carbons (Fsp3) is 0.500. The van der Waals surface area contributed by atoms with Crippen molar-refractivity contribution in [3.05, 3.63) is 35.9 Å². The highest BCUT2D eigenvalue weighted by Crippen LogP contribution is 2.02. The molecule has 0 spiro atoms. The molecule has 0 radical (unpaired) electrons. The minimum absolute atomic E-state index is 0. The average molecular weight is 377 g/mol. The SMILES string of the molecule is CCNC(=NCCOC)N(C)Cc1ccccc1.I. The molecule has 5 heteroatoms. The first-order chi connectivity index (χ1) is 8.77. The summed E-state index contributed by atoms with van der Waals surface area (Å²) >= 11 is 0. The number of ether oxygens (including phenoxy) is 1. The van der Waals surface area contributed by atoms with Crippen molar-refractivity contribution in [2.75, 3.05) is 33.9 Å². The van der Waals surface area contributed by atoms with Gasteiger partial charge in [0.15, 0.2) is 5.96 Å². The number of aliphatic imine (C=N–C) groups is 1. The predicted molar refractivity (Wildman–Crippen MR) is 91.2 cm³/mol. The lowest BCUT2D eigenvalue weighted by Gasteiger charge is -2.22.